The molecule has 0 aliphatic heterocycles. The van der Waals surface area contributed by atoms with Crippen molar-refractivity contribution >= 4 is 11.7 Å². The molecule has 6 heteroatoms. The second-order valence-electron chi connectivity index (χ2n) is 6.47. The van der Waals surface area contributed by atoms with Crippen molar-refractivity contribution in [2.75, 3.05) is 7.05 Å². The fourth-order valence-corrected chi connectivity index (χ4v) is 3.12. The van der Waals surface area contributed by atoms with Crippen LogP contribution in [-0.4, -0.2) is 38.4 Å². The van der Waals surface area contributed by atoms with Crippen molar-refractivity contribution in [1.82, 2.24) is 19.7 Å². The number of aromatic nitrogens is 3. The zero-order valence-corrected chi connectivity index (χ0v) is 15.4. The molecule has 0 unspecified atom stereocenters. The third-order valence-corrected chi connectivity index (χ3v) is 4.43. The van der Waals surface area contributed by atoms with Crippen molar-refractivity contribution in [1.29, 1.82) is 0 Å². The Morgan fingerprint density at radius 2 is 1.88 bits per heavy atom. The molecule has 0 radical (unpaired) electrons. The third kappa shape index (κ3) is 3.31. The Morgan fingerprint density at radius 1 is 1.19 bits per heavy atom. The highest BCUT2D eigenvalue weighted by atomic mass is 16.2. The van der Waals surface area contributed by atoms with Crippen molar-refractivity contribution in [3.63, 3.8) is 0 Å². The number of rotatable bonds is 5. The van der Waals surface area contributed by atoms with Gasteiger partial charge in [0.25, 0.3) is 5.91 Å². The first kappa shape index (κ1) is 17.7. The summed E-state index contributed by atoms with van der Waals surface area (Å²) in [5.41, 5.74) is 4.37. The van der Waals surface area contributed by atoms with Crippen LogP contribution in [0.25, 0.3) is 5.69 Å². The lowest BCUT2D eigenvalue weighted by Gasteiger charge is -2.17. The smallest absolute Gasteiger partial charge is 0.256 e. The predicted molar refractivity (Wildman–Crippen MR) is 99.6 cm³/mol. The Balaban J connectivity index is 1.79. The minimum absolute atomic E-state index is 0.0727. The van der Waals surface area contributed by atoms with E-state index in [1.165, 1.54) is 6.92 Å². The number of benzene rings is 1. The van der Waals surface area contributed by atoms with Crippen LogP contribution in [0.3, 0.4) is 0 Å². The summed E-state index contributed by atoms with van der Waals surface area (Å²) in [7, 11) is 1.75. The number of ketones is 1. The summed E-state index contributed by atoms with van der Waals surface area (Å²) in [5, 5.41) is 4.36. The Morgan fingerprint density at radius 3 is 2.50 bits per heavy atom. The first-order valence-corrected chi connectivity index (χ1v) is 8.43. The number of hydrogen-bond donors (Lipinski definition) is 1. The number of carbonyl (C=O) groups excluding carboxylic acids is 2. The van der Waals surface area contributed by atoms with Crippen LogP contribution >= 0.6 is 0 Å². The molecule has 0 aliphatic carbocycles. The molecule has 0 atom stereocenters. The van der Waals surface area contributed by atoms with Crippen LogP contribution in [-0.2, 0) is 6.54 Å². The first-order valence-electron chi connectivity index (χ1n) is 8.43. The molecule has 0 aliphatic rings. The lowest BCUT2D eigenvalue weighted by atomic mass is 10.1. The maximum Gasteiger partial charge on any atom is 0.256 e. The maximum atomic E-state index is 12.9. The third-order valence-electron chi connectivity index (χ3n) is 4.43. The van der Waals surface area contributed by atoms with Gasteiger partial charge in [-0.15, -0.1) is 0 Å². The number of hydrogen-bond acceptors (Lipinski definition) is 3. The van der Waals surface area contributed by atoms with Crippen LogP contribution in [0, 0.1) is 13.8 Å². The van der Waals surface area contributed by atoms with Gasteiger partial charge >= 0.3 is 0 Å². The molecule has 1 N–H and O–H groups in total. The van der Waals surface area contributed by atoms with Gasteiger partial charge in [0.15, 0.2) is 5.78 Å². The van der Waals surface area contributed by atoms with Crippen molar-refractivity contribution in [3.05, 3.63) is 70.8 Å². The number of para-hydroxylation sites is 1. The summed E-state index contributed by atoms with van der Waals surface area (Å²) in [5.74, 6) is -0.187. The van der Waals surface area contributed by atoms with Gasteiger partial charge in [-0.2, -0.15) is 5.10 Å². The fourth-order valence-electron chi connectivity index (χ4n) is 3.12. The number of Topliss-reactive ketones (excluding diaryl/α,β-unsaturated/α-hetero) is 1. The number of aromatic amines is 1. The number of carbonyl (C=O) groups is 2. The van der Waals surface area contributed by atoms with Crippen molar-refractivity contribution in [3.8, 4) is 5.69 Å². The summed E-state index contributed by atoms with van der Waals surface area (Å²) >= 11 is 0. The molecule has 6 nitrogen and oxygen atoms in total. The maximum absolute atomic E-state index is 12.9. The standard InChI is InChI=1S/C20H22N4O2/c1-13-18(14(2)22-19(13)15(3)25)20(26)23(4)11-16-10-21-24(12-16)17-8-6-5-7-9-17/h5-10,12,22H,11H2,1-4H3. The molecule has 1 aromatic carbocycles. The molecule has 26 heavy (non-hydrogen) atoms. The molecule has 0 bridgehead atoms. The topological polar surface area (TPSA) is 71.0 Å². The van der Waals surface area contributed by atoms with Crippen molar-refractivity contribution in [2.24, 2.45) is 0 Å². The number of aryl methyl sites for hydroxylation is 1. The summed E-state index contributed by atoms with van der Waals surface area (Å²) in [6.45, 7) is 5.54. The number of nitrogens with one attached hydrogen (secondary N) is 1. The Bertz CT molecular complexity index is 954. The summed E-state index contributed by atoms with van der Waals surface area (Å²) < 4.78 is 1.79. The largest absolute Gasteiger partial charge is 0.355 e. The second-order valence-corrected chi connectivity index (χ2v) is 6.47. The van der Waals surface area contributed by atoms with Crippen LogP contribution in [0.5, 0.6) is 0 Å². The van der Waals surface area contributed by atoms with Gasteiger partial charge in [0, 0.05) is 38.0 Å². The Hall–Kier alpha value is -3.15. The van der Waals surface area contributed by atoms with E-state index in [2.05, 4.69) is 10.1 Å². The molecular weight excluding hydrogens is 328 g/mol. The minimum atomic E-state index is -0.115. The highest BCUT2D eigenvalue weighted by molar-refractivity contribution is 6.02. The van der Waals surface area contributed by atoms with Crippen LogP contribution in [0.4, 0.5) is 0 Å². The van der Waals surface area contributed by atoms with Gasteiger partial charge in [-0.05, 0) is 31.5 Å². The number of amides is 1. The fraction of sp³-hybridized carbons (Fsp3) is 0.250. The first-order chi connectivity index (χ1) is 12.4. The Kier molecular flexibility index (Phi) is 4.75. The molecular formula is C20H22N4O2. The molecule has 1 amide bonds. The molecule has 3 aromatic rings. The van der Waals surface area contributed by atoms with Gasteiger partial charge < -0.3 is 9.88 Å². The van der Waals surface area contributed by atoms with Crippen LogP contribution < -0.4 is 0 Å². The van der Waals surface area contributed by atoms with E-state index in [1.54, 1.807) is 29.7 Å². The van der Waals surface area contributed by atoms with Gasteiger partial charge in [0.2, 0.25) is 0 Å². The SMILES string of the molecule is CC(=O)c1[nH]c(C)c(C(=O)N(C)Cc2cnn(-c3ccccc3)c2)c1C. The van der Waals surface area contributed by atoms with Crippen molar-refractivity contribution in [2.45, 2.75) is 27.3 Å². The molecule has 0 saturated heterocycles. The quantitative estimate of drug-likeness (QED) is 0.718. The Labute approximate surface area is 152 Å². The molecule has 2 aromatic heterocycles. The highest BCUT2D eigenvalue weighted by Gasteiger charge is 2.23. The van der Waals surface area contributed by atoms with Gasteiger partial charge in [-0.3, -0.25) is 9.59 Å². The van der Waals surface area contributed by atoms with Gasteiger partial charge in [-0.1, -0.05) is 18.2 Å². The average molecular weight is 350 g/mol. The van der Waals surface area contributed by atoms with Crippen LogP contribution in [0.2, 0.25) is 0 Å². The lowest BCUT2D eigenvalue weighted by Crippen LogP contribution is -2.27. The van der Waals surface area contributed by atoms with E-state index >= 15 is 0 Å². The predicted octanol–water partition coefficient (Wildman–Crippen LogP) is 3.29. The van der Waals surface area contributed by atoms with Crippen molar-refractivity contribution < 1.29 is 9.59 Å². The van der Waals surface area contributed by atoms with E-state index in [-0.39, 0.29) is 11.7 Å². The van der Waals surface area contributed by atoms with E-state index in [0.29, 0.717) is 29.1 Å². The molecule has 2 heterocycles. The summed E-state index contributed by atoms with van der Waals surface area (Å²) in [6.07, 6.45) is 3.67. The molecule has 134 valence electrons. The van der Waals surface area contributed by atoms with Crippen LogP contribution in [0.1, 0.15) is 44.6 Å². The number of H-pyrrole nitrogens is 1. The van der Waals surface area contributed by atoms with Gasteiger partial charge in [0.05, 0.1) is 23.1 Å². The lowest BCUT2D eigenvalue weighted by molar-refractivity contribution is 0.0784. The molecule has 0 saturated carbocycles. The summed E-state index contributed by atoms with van der Waals surface area (Å²) in [4.78, 5) is 29.2. The number of nitrogens with zero attached hydrogens (tertiary/aromatic N) is 3. The monoisotopic (exact) mass is 350 g/mol. The van der Waals surface area contributed by atoms with Gasteiger partial charge in [-0.25, -0.2) is 4.68 Å². The minimum Gasteiger partial charge on any atom is -0.355 e. The van der Waals surface area contributed by atoms with E-state index in [4.69, 9.17) is 0 Å². The molecule has 3 rings (SSSR count). The van der Waals surface area contributed by atoms with Gasteiger partial charge in [0.1, 0.15) is 0 Å². The average Bonchev–Trinajstić information content (AvgIpc) is 3.19. The zero-order valence-electron chi connectivity index (χ0n) is 15.4. The van der Waals surface area contributed by atoms with E-state index in [1.807, 2.05) is 43.5 Å². The molecule has 0 spiro atoms. The zero-order chi connectivity index (χ0) is 18.8. The highest BCUT2D eigenvalue weighted by Crippen LogP contribution is 2.21. The molecule has 0 fully saturated rings. The normalized spacial score (nSPS) is 10.8. The van der Waals surface area contributed by atoms with E-state index in [9.17, 15) is 9.59 Å². The van der Waals surface area contributed by atoms with E-state index in [0.717, 1.165) is 11.3 Å². The van der Waals surface area contributed by atoms with E-state index < -0.39 is 0 Å². The second kappa shape index (κ2) is 7.00. The van der Waals surface area contributed by atoms with Crippen LogP contribution in [0.15, 0.2) is 42.7 Å². The summed E-state index contributed by atoms with van der Waals surface area (Å²) in [6, 6.07) is 9.81.